The van der Waals surface area contributed by atoms with Crippen LogP contribution in [-0.4, -0.2) is 43.8 Å². The number of rotatable bonds is 13. The summed E-state index contributed by atoms with van der Waals surface area (Å²) in [6.45, 7) is 7.15. The number of hydrogen-bond donors (Lipinski definition) is 1. The summed E-state index contributed by atoms with van der Waals surface area (Å²) in [7, 11) is -4.20. The average Bonchev–Trinajstić information content (AvgIpc) is 3.04. The van der Waals surface area contributed by atoms with E-state index in [1.54, 1.807) is 43.3 Å². The van der Waals surface area contributed by atoms with Crippen molar-refractivity contribution in [2.75, 3.05) is 10.8 Å². The number of anilines is 1. The van der Waals surface area contributed by atoms with Crippen LogP contribution in [0.2, 0.25) is 5.02 Å². The minimum absolute atomic E-state index is 0.0398. The van der Waals surface area contributed by atoms with Gasteiger partial charge < -0.3 is 10.2 Å². The topological polar surface area (TPSA) is 86.8 Å². The van der Waals surface area contributed by atoms with Crippen LogP contribution in [0.25, 0.3) is 0 Å². The molecule has 0 saturated carbocycles. The second-order valence-corrected chi connectivity index (χ2v) is 13.4. The average molecular weight is 646 g/mol. The Morgan fingerprint density at radius 3 is 2.11 bits per heavy atom. The van der Waals surface area contributed by atoms with Gasteiger partial charge in [0.05, 0.1) is 10.6 Å². The molecule has 0 fully saturated rings. The van der Waals surface area contributed by atoms with E-state index in [-0.39, 0.29) is 29.8 Å². The van der Waals surface area contributed by atoms with Crippen LogP contribution in [-0.2, 0) is 32.6 Å². The molecule has 2 atom stereocenters. The van der Waals surface area contributed by atoms with Crippen molar-refractivity contribution in [3.05, 3.63) is 130 Å². The predicted octanol–water partition coefficient (Wildman–Crippen LogP) is 6.71. The van der Waals surface area contributed by atoms with Crippen molar-refractivity contribution in [2.24, 2.45) is 0 Å². The molecule has 0 saturated heterocycles. The van der Waals surface area contributed by atoms with E-state index in [0.717, 1.165) is 21.0 Å². The Balaban J connectivity index is 1.84. The highest BCUT2D eigenvalue weighted by Crippen LogP contribution is 2.31. The second-order valence-electron chi connectivity index (χ2n) is 11.2. The number of carbonyl (C=O) groups is 2. The quantitative estimate of drug-likeness (QED) is 0.175. The Labute approximate surface area is 271 Å². The molecule has 4 aromatic rings. The Bertz CT molecular complexity index is 1720. The van der Waals surface area contributed by atoms with Crippen molar-refractivity contribution in [1.29, 1.82) is 0 Å². The van der Waals surface area contributed by atoms with Crippen LogP contribution in [0.1, 0.15) is 42.5 Å². The van der Waals surface area contributed by atoms with Gasteiger partial charge in [0.2, 0.25) is 11.8 Å². The maximum Gasteiger partial charge on any atom is 0.264 e. The molecular weight excluding hydrogens is 606 g/mol. The minimum Gasteiger partial charge on any atom is -0.352 e. The number of benzene rings is 4. The molecule has 0 radical (unpaired) electrons. The van der Waals surface area contributed by atoms with Crippen LogP contribution in [0.4, 0.5) is 5.69 Å². The third kappa shape index (κ3) is 8.32. The molecule has 0 aliphatic carbocycles. The Kier molecular flexibility index (Phi) is 11.4. The highest BCUT2D eigenvalue weighted by Gasteiger charge is 2.35. The van der Waals surface area contributed by atoms with Crippen LogP contribution in [0.5, 0.6) is 0 Å². The van der Waals surface area contributed by atoms with Gasteiger partial charge in [0.15, 0.2) is 0 Å². The Morgan fingerprint density at radius 1 is 0.844 bits per heavy atom. The predicted molar refractivity (Wildman–Crippen MR) is 181 cm³/mol. The molecule has 7 nitrogen and oxygen atoms in total. The fraction of sp³-hybridized carbons (Fsp3) is 0.278. The number of halogens is 1. The number of carbonyl (C=O) groups excluding carboxylic acids is 2. The first-order chi connectivity index (χ1) is 21.5. The van der Waals surface area contributed by atoms with Crippen molar-refractivity contribution in [3.63, 3.8) is 0 Å². The fourth-order valence-corrected chi connectivity index (χ4v) is 6.73. The smallest absolute Gasteiger partial charge is 0.264 e. The molecule has 0 aliphatic rings. The van der Waals surface area contributed by atoms with E-state index >= 15 is 0 Å². The number of hydrogen-bond acceptors (Lipinski definition) is 4. The fourth-order valence-electron chi connectivity index (χ4n) is 5.07. The Hall–Kier alpha value is -4.14. The van der Waals surface area contributed by atoms with Crippen LogP contribution in [0.15, 0.2) is 108 Å². The first kappa shape index (κ1) is 33.7. The molecule has 45 heavy (non-hydrogen) atoms. The number of nitrogens with one attached hydrogen (secondary N) is 1. The normalized spacial score (nSPS) is 12.6. The molecule has 0 heterocycles. The van der Waals surface area contributed by atoms with E-state index in [2.05, 4.69) is 5.32 Å². The van der Waals surface area contributed by atoms with Crippen molar-refractivity contribution >= 4 is 39.1 Å². The molecule has 0 spiro atoms. The van der Waals surface area contributed by atoms with E-state index in [1.807, 2.05) is 75.4 Å². The third-order valence-electron chi connectivity index (χ3n) is 7.99. The number of nitrogens with zero attached hydrogens (tertiary/aromatic N) is 2. The maximum atomic E-state index is 14.6. The van der Waals surface area contributed by atoms with Gasteiger partial charge in [0.25, 0.3) is 10.0 Å². The molecular formula is C36H40ClN3O4S. The molecule has 0 unspecified atom stereocenters. The highest BCUT2D eigenvalue weighted by atomic mass is 35.5. The summed E-state index contributed by atoms with van der Waals surface area (Å²) in [5.74, 6) is -0.816. The number of sulfonamides is 1. The highest BCUT2D eigenvalue weighted by molar-refractivity contribution is 7.92. The van der Waals surface area contributed by atoms with E-state index < -0.39 is 28.5 Å². The van der Waals surface area contributed by atoms with Gasteiger partial charge in [-0.15, -0.1) is 0 Å². The van der Waals surface area contributed by atoms with Gasteiger partial charge in [0.1, 0.15) is 12.6 Å². The SMILES string of the molecule is CC[C@H](C)NC(=O)[C@@H](Cc1ccccc1)N(Cc1ccccc1C)C(=O)CN(c1cccc(Cl)c1C)S(=O)(=O)c1ccccc1. The van der Waals surface area contributed by atoms with Crippen LogP contribution in [0, 0.1) is 13.8 Å². The molecule has 0 aromatic heterocycles. The van der Waals surface area contributed by atoms with E-state index in [4.69, 9.17) is 11.6 Å². The molecule has 2 amide bonds. The first-order valence-corrected chi connectivity index (χ1v) is 16.9. The molecule has 236 valence electrons. The summed E-state index contributed by atoms with van der Waals surface area (Å²) >= 11 is 6.45. The van der Waals surface area contributed by atoms with E-state index in [1.165, 1.54) is 17.0 Å². The third-order valence-corrected chi connectivity index (χ3v) is 10.2. The lowest BCUT2D eigenvalue weighted by molar-refractivity contribution is -0.140. The van der Waals surface area contributed by atoms with Crippen LogP contribution >= 0.6 is 11.6 Å². The molecule has 9 heteroatoms. The van der Waals surface area contributed by atoms with E-state index in [0.29, 0.717) is 22.7 Å². The lowest BCUT2D eigenvalue weighted by atomic mass is 10.0. The first-order valence-electron chi connectivity index (χ1n) is 15.0. The van der Waals surface area contributed by atoms with Gasteiger partial charge in [-0.05, 0) is 73.7 Å². The summed E-state index contributed by atoms with van der Waals surface area (Å²) in [4.78, 5) is 30.1. The summed E-state index contributed by atoms with van der Waals surface area (Å²) in [5.41, 5.74) is 3.50. The molecule has 4 rings (SSSR count). The van der Waals surface area contributed by atoms with Gasteiger partial charge in [0, 0.05) is 24.0 Å². The van der Waals surface area contributed by atoms with Gasteiger partial charge in [-0.1, -0.05) is 97.4 Å². The summed E-state index contributed by atoms with van der Waals surface area (Å²) in [5, 5.41) is 3.44. The summed E-state index contributed by atoms with van der Waals surface area (Å²) in [6, 6.07) is 29.1. The Morgan fingerprint density at radius 2 is 1.47 bits per heavy atom. The standard InChI is InChI=1S/C36H40ClN3O4S/c1-5-27(3)38-36(42)34(23-29-16-8-6-9-17-29)39(24-30-18-13-12-15-26(30)2)35(41)25-40(33-22-14-21-32(37)28(33)4)45(43,44)31-19-10-7-11-20-31/h6-22,27,34H,5,23-25H2,1-4H3,(H,38,42)/t27-,34+/m0/s1. The molecule has 0 bridgehead atoms. The number of aryl methyl sites for hydroxylation is 1. The summed E-state index contributed by atoms with van der Waals surface area (Å²) in [6.07, 6.45) is 0.967. The summed E-state index contributed by atoms with van der Waals surface area (Å²) < 4.78 is 29.5. The zero-order valence-electron chi connectivity index (χ0n) is 26.1. The monoisotopic (exact) mass is 645 g/mol. The van der Waals surface area contributed by atoms with E-state index in [9.17, 15) is 18.0 Å². The van der Waals surface area contributed by atoms with Crippen LogP contribution in [0.3, 0.4) is 0 Å². The maximum absolute atomic E-state index is 14.6. The van der Waals surface area contributed by atoms with Gasteiger partial charge in [-0.3, -0.25) is 13.9 Å². The zero-order valence-corrected chi connectivity index (χ0v) is 27.7. The lowest BCUT2D eigenvalue weighted by Gasteiger charge is -2.35. The van der Waals surface area contributed by atoms with Crippen LogP contribution < -0.4 is 9.62 Å². The lowest BCUT2D eigenvalue weighted by Crippen LogP contribution is -2.54. The van der Waals surface area contributed by atoms with Crippen molar-refractivity contribution in [2.45, 2.75) is 64.1 Å². The largest absolute Gasteiger partial charge is 0.352 e. The van der Waals surface area contributed by atoms with Crippen molar-refractivity contribution in [3.8, 4) is 0 Å². The molecule has 4 aromatic carbocycles. The zero-order chi connectivity index (χ0) is 32.6. The molecule has 1 N–H and O–H groups in total. The second kappa shape index (κ2) is 15.2. The minimum atomic E-state index is -4.20. The van der Waals surface area contributed by atoms with Crippen molar-refractivity contribution < 1.29 is 18.0 Å². The molecule has 0 aliphatic heterocycles. The van der Waals surface area contributed by atoms with Crippen molar-refractivity contribution in [1.82, 2.24) is 10.2 Å². The van der Waals surface area contributed by atoms with Gasteiger partial charge in [-0.25, -0.2) is 8.42 Å². The van der Waals surface area contributed by atoms with Gasteiger partial charge >= 0.3 is 0 Å². The van der Waals surface area contributed by atoms with Gasteiger partial charge in [-0.2, -0.15) is 0 Å². The number of amides is 2.